The number of hydrogen-bond donors (Lipinski definition) is 0. The fourth-order valence-electron chi connectivity index (χ4n) is 4.85. The van der Waals surface area contributed by atoms with E-state index >= 15 is 0 Å². The Morgan fingerprint density at radius 2 is 1.44 bits per heavy atom. The highest BCUT2D eigenvalue weighted by molar-refractivity contribution is 14.1. The van der Waals surface area contributed by atoms with Gasteiger partial charge in [0.15, 0.2) is 0 Å². The number of halogens is 1. The predicted octanol–water partition coefficient (Wildman–Crippen LogP) is 6.16. The molecule has 3 rings (SSSR count). The van der Waals surface area contributed by atoms with E-state index in [1.54, 1.807) is 0 Å². The third-order valence-corrected chi connectivity index (χ3v) is 12.7. The van der Waals surface area contributed by atoms with Crippen LogP contribution in [0.25, 0.3) is 0 Å². The molecule has 1 amide bonds. The summed E-state index contributed by atoms with van der Waals surface area (Å²) in [6.07, 6.45) is 2.75. The molecule has 1 heterocycles. The molecule has 1 unspecified atom stereocenters. The van der Waals surface area contributed by atoms with E-state index in [4.69, 9.17) is 9.16 Å². The molecule has 2 aromatic rings. The zero-order chi connectivity index (χ0) is 25.0. The highest BCUT2D eigenvalue weighted by Crippen LogP contribution is 2.37. The van der Waals surface area contributed by atoms with Crippen molar-refractivity contribution in [1.82, 2.24) is 4.90 Å². The van der Waals surface area contributed by atoms with E-state index < -0.39 is 13.9 Å². The highest BCUT2D eigenvalue weighted by atomic mass is 127. The Balaban J connectivity index is 1.99. The van der Waals surface area contributed by atoms with Gasteiger partial charge in [0, 0.05) is 10.5 Å². The monoisotopic (exact) mass is 593 g/mol. The SMILES string of the molecule is CC(C)(C)OC(=O)N1CCC(I)CC[C@H]1CO[Si](c1ccccc1)(c1ccccc1)C(C)(C)C. The Morgan fingerprint density at radius 3 is 1.91 bits per heavy atom. The van der Waals surface area contributed by atoms with Crippen molar-refractivity contribution in [1.29, 1.82) is 0 Å². The molecule has 186 valence electrons. The number of carbonyl (C=O) groups is 1. The minimum Gasteiger partial charge on any atom is -0.444 e. The molecule has 0 spiro atoms. The van der Waals surface area contributed by atoms with Crippen molar-refractivity contribution in [2.45, 2.75) is 81.4 Å². The van der Waals surface area contributed by atoms with Crippen molar-refractivity contribution >= 4 is 47.4 Å². The van der Waals surface area contributed by atoms with Crippen LogP contribution in [0.15, 0.2) is 60.7 Å². The van der Waals surface area contributed by atoms with Crippen LogP contribution in [0.5, 0.6) is 0 Å². The Kier molecular flexibility index (Phi) is 8.90. The summed E-state index contributed by atoms with van der Waals surface area (Å²) in [5.41, 5.74) is -0.517. The Bertz CT molecular complexity index is 885. The van der Waals surface area contributed by atoms with Crippen LogP contribution >= 0.6 is 22.6 Å². The molecule has 1 aliphatic rings. The molecule has 1 saturated heterocycles. The van der Waals surface area contributed by atoms with E-state index in [0.29, 0.717) is 17.1 Å². The van der Waals surface area contributed by atoms with Crippen LogP contribution < -0.4 is 10.4 Å². The average Bonchev–Trinajstić information content (AvgIpc) is 2.95. The van der Waals surface area contributed by atoms with E-state index in [1.165, 1.54) is 10.4 Å². The first-order valence-corrected chi connectivity index (χ1v) is 15.5. The van der Waals surface area contributed by atoms with Crippen LogP contribution in [0, 0.1) is 0 Å². The summed E-state index contributed by atoms with van der Waals surface area (Å²) in [5.74, 6) is 0. The van der Waals surface area contributed by atoms with Gasteiger partial charge in [-0.15, -0.1) is 0 Å². The quantitative estimate of drug-likeness (QED) is 0.237. The fourth-order valence-corrected chi connectivity index (χ4v) is 10.1. The van der Waals surface area contributed by atoms with Gasteiger partial charge >= 0.3 is 6.09 Å². The molecular formula is C28H40INO3Si. The number of rotatable bonds is 5. The third kappa shape index (κ3) is 6.43. The number of likely N-dealkylation sites (tertiary alicyclic amines) is 1. The van der Waals surface area contributed by atoms with Crippen LogP contribution in [-0.4, -0.2) is 48.0 Å². The zero-order valence-electron chi connectivity index (χ0n) is 21.5. The second-order valence-electron chi connectivity index (χ2n) is 11.3. The molecule has 34 heavy (non-hydrogen) atoms. The molecule has 1 fully saturated rings. The number of alkyl halides is 1. The van der Waals surface area contributed by atoms with Gasteiger partial charge in [-0.3, -0.25) is 0 Å². The van der Waals surface area contributed by atoms with Crippen LogP contribution in [0.3, 0.4) is 0 Å². The van der Waals surface area contributed by atoms with Crippen LogP contribution in [0.2, 0.25) is 5.04 Å². The lowest BCUT2D eigenvalue weighted by atomic mass is 10.1. The molecule has 4 nitrogen and oxygen atoms in total. The Morgan fingerprint density at radius 1 is 0.912 bits per heavy atom. The Hall–Kier alpha value is -1.38. The maximum atomic E-state index is 13.2. The molecule has 6 heteroatoms. The summed E-state index contributed by atoms with van der Waals surface area (Å²) in [4.78, 5) is 15.1. The average molecular weight is 594 g/mol. The zero-order valence-corrected chi connectivity index (χ0v) is 24.7. The van der Waals surface area contributed by atoms with Gasteiger partial charge in [-0.05, 0) is 55.4 Å². The standard InChI is InChI=1S/C28H40INO3Si/c1-27(2,3)33-26(31)30-20-19-22(29)17-18-23(30)21-32-34(28(4,5)6,24-13-9-7-10-14-24)25-15-11-8-12-16-25/h7-16,22-23H,17-21H2,1-6H3/t22?,23-/m0/s1. The topological polar surface area (TPSA) is 38.8 Å². The lowest BCUT2D eigenvalue weighted by molar-refractivity contribution is 0.0110. The molecule has 2 aromatic carbocycles. The Labute approximate surface area is 220 Å². The first-order chi connectivity index (χ1) is 15.9. The number of nitrogens with zero attached hydrogens (tertiary/aromatic N) is 1. The smallest absolute Gasteiger partial charge is 0.410 e. The van der Waals surface area contributed by atoms with Crippen LogP contribution in [-0.2, 0) is 9.16 Å². The van der Waals surface area contributed by atoms with Crippen molar-refractivity contribution in [3.63, 3.8) is 0 Å². The number of carbonyl (C=O) groups excluding carboxylic acids is 1. The summed E-state index contributed by atoms with van der Waals surface area (Å²) in [6, 6.07) is 21.4. The number of ether oxygens (including phenoxy) is 1. The van der Waals surface area contributed by atoms with E-state index in [1.807, 2.05) is 25.7 Å². The molecule has 2 atom stereocenters. The van der Waals surface area contributed by atoms with Gasteiger partial charge in [-0.1, -0.05) is 104 Å². The van der Waals surface area contributed by atoms with E-state index in [2.05, 4.69) is 104 Å². The maximum absolute atomic E-state index is 13.2. The predicted molar refractivity (Wildman–Crippen MR) is 152 cm³/mol. The van der Waals surface area contributed by atoms with Gasteiger partial charge in [-0.2, -0.15) is 0 Å². The summed E-state index contributed by atoms with van der Waals surface area (Å²) in [7, 11) is -2.66. The molecule has 0 radical (unpaired) electrons. The van der Waals surface area contributed by atoms with E-state index in [0.717, 1.165) is 19.3 Å². The van der Waals surface area contributed by atoms with Crippen LogP contribution in [0.1, 0.15) is 60.8 Å². The summed E-state index contributed by atoms with van der Waals surface area (Å²) < 4.78 is 13.6. The first kappa shape index (κ1) is 27.2. The van der Waals surface area contributed by atoms with Gasteiger partial charge < -0.3 is 14.1 Å². The minimum absolute atomic E-state index is 0.00346. The van der Waals surface area contributed by atoms with Gasteiger partial charge in [0.05, 0.1) is 12.6 Å². The van der Waals surface area contributed by atoms with E-state index in [9.17, 15) is 4.79 Å². The molecule has 0 bridgehead atoms. The third-order valence-electron chi connectivity index (χ3n) is 6.47. The summed E-state index contributed by atoms with van der Waals surface area (Å²) in [5, 5.41) is 2.43. The minimum atomic E-state index is -2.66. The normalized spacial score (nSPS) is 20.0. The molecule has 0 N–H and O–H groups in total. The van der Waals surface area contributed by atoms with Crippen LogP contribution in [0.4, 0.5) is 4.79 Å². The van der Waals surface area contributed by atoms with E-state index in [-0.39, 0.29) is 17.2 Å². The first-order valence-electron chi connectivity index (χ1n) is 12.3. The van der Waals surface area contributed by atoms with Crippen molar-refractivity contribution in [2.75, 3.05) is 13.2 Å². The fraction of sp³-hybridized carbons (Fsp3) is 0.536. The number of amides is 1. The second-order valence-corrected chi connectivity index (χ2v) is 17.3. The van der Waals surface area contributed by atoms with Gasteiger partial charge in [-0.25, -0.2) is 4.79 Å². The molecule has 0 aliphatic carbocycles. The van der Waals surface area contributed by atoms with Crippen molar-refractivity contribution in [2.24, 2.45) is 0 Å². The number of benzene rings is 2. The maximum Gasteiger partial charge on any atom is 0.410 e. The largest absolute Gasteiger partial charge is 0.444 e. The second kappa shape index (κ2) is 11.1. The summed E-state index contributed by atoms with van der Waals surface area (Å²) in [6.45, 7) is 13.9. The van der Waals surface area contributed by atoms with Gasteiger partial charge in [0.2, 0.25) is 0 Å². The molecule has 1 aliphatic heterocycles. The van der Waals surface area contributed by atoms with Crippen molar-refractivity contribution in [3.8, 4) is 0 Å². The lowest BCUT2D eigenvalue weighted by Gasteiger charge is -2.44. The highest BCUT2D eigenvalue weighted by Gasteiger charge is 2.50. The van der Waals surface area contributed by atoms with Gasteiger partial charge in [0.25, 0.3) is 8.32 Å². The number of hydrogen-bond acceptors (Lipinski definition) is 3. The van der Waals surface area contributed by atoms with Crippen molar-refractivity contribution in [3.05, 3.63) is 60.7 Å². The van der Waals surface area contributed by atoms with Crippen molar-refractivity contribution < 1.29 is 14.0 Å². The van der Waals surface area contributed by atoms with Gasteiger partial charge in [0.1, 0.15) is 5.60 Å². The molecule has 0 saturated carbocycles. The summed E-state index contributed by atoms with van der Waals surface area (Å²) >= 11 is 2.52. The lowest BCUT2D eigenvalue weighted by Crippen LogP contribution is -2.67. The molecular weight excluding hydrogens is 553 g/mol. The molecule has 0 aromatic heterocycles.